The molecule has 0 atom stereocenters. The fourth-order valence-electron chi connectivity index (χ4n) is 2.78. The molecule has 1 saturated heterocycles. The van der Waals surface area contributed by atoms with Crippen LogP contribution >= 0.6 is 0 Å². The molecule has 1 aliphatic heterocycles. The molecule has 0 saturated carbocycles. The maximum atomic E-state index is 13.6. The number of hydrogen-bond acceptors (Lipinski definition) is 2. The Morgan fingerprint density at radius 3 is 2.70 bits per heavy atom. The van der Waals surface area contributed by atoms with Gasteiger partial charge in [0.1, 0.15) is 5.82 Å². The summed E-state index contributed by atoms with van der Waals surface area (Å²) in [4.78, 5) is 2.40. The summed E-state index contributed by atoms with van der Waals surface area (Å²) >= 11 is 0. The molecule has 0 radical (unpaired) electrons. The van der Waals surface area contributed by atoms with Crippen LogP contribution in [0.15, 0.2) is 18.2 Å². The lowest BCUT2D eigenvalue weighted by Crippen LogP contribution is -2.33. The molecule has 1 aromatic rings. The standard InChI is InChI=1S/C17H23FN2/c1-2-14-5-8-20(9-6-14)13-16-10-15(4-3-7-19)11-17(18)12-16/h10-12,14H,2,5-9,13,19H2,1H3. The Hall–Kier alpha value is -1.37. The first-order chi connectivity index (χ1) is 9.71. The SMILES string of the molecule is CCC1CCN(Cc2cc(F)cc(C#CCN)c2)CC1. The molecule has 1 fully saturated rings. The van der Waals surface area contributed by atoms with Crippen molar-refractivity contribution in [2.24, 2.45) is 11.7 Å². The molecular weight excluding hydrogens is 251 g/mol. The lowest BCUT2D eigenvalue weighted by molar-refractivity contribution is 0.175. The molecule has 2 rings (SSSR count). The number of likely N-dealkylation sites (tertiary alicyclic amines) is 1. The van der Waals surface area contributed by atoms with E-state index in [0.29, 0.717) is 12.1 Å². The van der Waals surface area contributed by atoms with Crippen LogP contribution in [-0.2, 0) is 6.54 Å². The van der Waals surface area contributed by atoms with E-state index in [9.17, 15) is 4.39 Å². The molecule has 20 heavy (non-hydrogen) atoms. The number of hydrogen-bond donors (Lipinski definition) is 1. The number of nitrogens with zero attached hydrogens (tertiary/aromatic N) is 1. The Kier molecular flexibility index (Phi) is 5.58. The molecule has 0 aromatic heterocycles. The smallest absolute Gasteiger partial charge is 0.124 e. The van der Waals surface area contributed by atoms with Crippen LogP contribution < -0.4 is 5.73 Å². The van der Waals surface area contributed by atoms with E-state index in [1.165, 1.54) is 25.3 Å². The third-order valence-corrected chi connectivity index (χ3v) is 3.98. The average Bonchev–Trinajstić information content (AvgIpc) is 2.45. The Morgan fingerprint density at radius 2 is 2.05 bits per heavy atom. The lowest BCUT2D eigenvalue weighted by Gasteiger charge is -2.31. The molecule has 0 unspecified atom stereocenters. The summed E-state index contributed by atoms with van der Waals surface area (Å²) in [6.07, 6.45) is 3.78. The predicted octanol–water partition coefficient (Wildman–Crippen LogP) is 2.76. The fraction of sp³-hybridized carbons (Fsp3) is 0.529. The van der Waals surface area contributed by atoms with Crippen molar-refractivity contribution in [1.82, 2.24) is 4.90 Å². The average molecular weight is 274 g/mol. The molecule has 1 aromatic carbocycles. The van der Waals surface area contributed by atoms with Gasteiger partial charge in [0.25, 0.3) is 0 Å². The second-order valence-electron chi connectivity index (χ2n) is 5.48. The minimum Gasteiger partial charge on any atom is -0.320 e. The van der Waals surface area contributed by atoms with Gasteiger partial charge in [-0.15, -0.1) is 0 Å². The predicted molar refractivity (Wildman–Crippen MR) is 80.6 cm³/mol. The molecule has 0 aliphatic carbocycles. The number of piperidine rings is 1. The van der Waals surface area contributed by atoms with E-state index >= 15 is 0 Å². The second-order valence-corrected chi connectivity index (χ2v) is 5.48. The zero-order valence-electron chi connectivity index (χ0n) is 12.2. The maximum Gasteiger partial charge on any atom is 0.124 e. The molecule has 0 spiro atoms. The van der Waals surface area contributed by atoms with Gasteiger partial charge >= 0.3 is 0 Å². The summed E-state index contributed by atoms with van der Waals surface area (Å²) in [5, 5.41) is 0. The molecular formula is C17H23FN2. The van der Waals surface area contributed by atoms with E-state index in [2.05, 4.69) is 23.7 Å². The van der Waals surface area contributed by atoms with Crippen LogP contribution in [0.25, 0.3) is 0 Å². The van der Waals surface area contributed by atoms with E-state index in [-0.39, 0.29) is 5.82 Å². The van der Waals surface area contributed by atoms with Gasteiger partial charge in [0.05, 0.1) is 6.54 Å². The van der Waals surface area contributed by atoms with Gasteiger partial charge in [-0.1, -0.05) is 25.2 Å². The number of nitrogens with two attached hydrogens (primary N) is 1. The Bertz CT molecular complexity index is 493. The molecule has 2 nitrogen and oxygen atoms in total. The highest BCUT2D eigenvalue weighted by atomic mass is 19.1. The van der Waals surface area contributed by atoms with E-state index < -0.39 is 0 Å². The van der Waals surface area contributed by atoms with Gasteiger partial charge in [0.2, 0.25) is 0 Å². The quantitative estimate of drug-likeness (QED) is 0.859. The van der Waals surface area contributed by atoms with Crippen molar-refractivity contribution in [2.75, 3.05) is 19.6 Å². The first kappa shape index (κ1) is 15.0. The van der Waals surface area contributed by atoms with Crippen molar-refractivity contribution < 1.29 is 4.39 Å². The van der Waals surface area contributed by atoms with Crippen LogP contribution in [0, 0.1) is 23.6 Å². The van der Waals surface area contributed by atoms with Gasteiger partial charge < -0.3 is 5.73 Å². The third-order valence-electron chi connectivity index (χ3n) is 3.98. The molecule has 1 aliphatic rings. The molecule has 0 amide bonds. The lowest BCUT2D eigenvalue weighted by atomic mass is 9.94. The maximum absolute atomic E-state index is 13.6. The minimum atomic E-state index is -0.215. The second kappa shape index (κ2) is 7.42. The Balaban J connectivity index is 2.00. The fourth-order valence-corrected chi connectivity index (χ4v) is 2.78. The summed E-state index contributed by atoms with van der Waals surface area (Å²) in [5.41, 5.74) is 7.07. The van der Waals surface area contributed by atoms with E-state index in [0.717, 1.165) is 31.1 Å². The topological polar surface area (TPSA) is 29.3 Å². The molecule has 2 N–H and O–H groups in total. The summed E-state index contributed by atoms with van der Waals surface area (Å²) < 4.78 is 13.6. The van der Waals surface area contributed by atoms with Crippen LogP contribution in [0.3, 0.4) is 0 Å². The van der Waals surface area contributed by atoms with Crippen LogP contribution in [0.2, 0.25) is 0 Å². The minimum absolute atomic E-state index is 0.215. The van der Waals surface area contributed by atoms with Crippen LogP contribution in [-0.4, -0.2) is 24.5 Å². The summed E-state index contributed by atoms with van der Waals surface area (Å²) in [6.45, 7) is 5.59. The first-order valence-electron chi connectivity index (χ1n) is 7.42. The van der Waals surface area contributed by atoms with Crippen LogP contribution in [0.4, 0.5) is 4.39 Å². The van der Waals surface area contributed by atoms with Crippen molar-refractivity contribution in [1.29, 1.82) is 0 Å². The zero-order chi connectivity index (χ0) is 14.4. The largest absolute Gasteiger partial charge is 0.320 e. The van der Waals surface area contributed by atoms with Gasteiger partial charge in [0.15, 0.2) is 0 Å². The van der Waals surface area contributed by atoms with E-state index in [1.54, 1.807) is 6.07 Å². The summed E-state index contributed by atoms with van der Waals surface area (Å²) in [7, 11) is 0. The van der Waals surface area contributed by atoms with Crippen molar-refractivity contribution >= 4 is 0 Å². The normalized spacial score (nSPS) is 16.8. The first-order valence-corrected chi connectivity index (χ1v) is 7.42. The monoisotopic (exact) mass is 274 g/mol. The number of halogens is 1. The molecule has 108 valence electrons. The number of benzene rings is 1. The molecule has 3 heteroatoms. The van der Waals surface area contributed by atoms with E-state index in [4.69, 9.17) is 5.73 Å². The van der Waals surface area contributed by atoms with Gasteiger partial charge in [0, 0.05) is 12.1 Å². The third kappa shape index (κ3) is 4.33. The van der Waals surface area contributed by atoms with Gasteiger partial charge in [-0.3, -0.25) is 4.90 Å². The van der Waals surface area contributed by atoms with Crippen molar-refractivity contribution in [2.45, 2.75) is 32.7 Å². The van der Waals surface area contributed by atoms with Crippen molar-refractivity contribution in [3.05, 3.63) is 35.1 Å². The summed E-state index contributed by atoms with van der Waals surface area (Å²) in [6, 6.07) is 5.05. The van der Waals surface area contributed by atoms with Gasteiger partial charge in [-0.25, -0.2) is 4.39 Å². The van der Waals surface area contributed by atoms with Crippen LogP contribution in [0.5, 0.6) is 0 Å². The zero-order valence-corrected chi connectivity index (χ0v) is 12.2. The Morgan fingerprint density at radius 1 is 1.30 bits per heavy atom. The van der Waals surface area contributed by atoms with Gasteiger partial charge in [-0.2, -0.15) is 0 Å². The van der Waals surface area contributed by atoms with Crippen molar-refractivity contribution in [3.8, 4) is 11.8 Å². The van der Waals surface area contributed by atoms with Crippen LogP contribution in [0.1, 0.15) is 37.3 Å². The van der Waals surface area contributed by atoms with E-state index in [1.807, 2.05) is 6.07 Å². The number of rotatable bonds is 3. The van der Waals surface area contributed by atoms with Gasteiger partial charge in [-0.05, 0) is 55.6 Å². The Labute approximate surface area is 121 Å². The van der Waals surface area contributed by atoms with Crippen molar-refractivity contribution in [3.63, 3.8) is 0 Å². The molecule has 0 bridgehead atoms. The summed E-state index contributed by atoms with van der Waals surface area (Å²) in [5.74, 6) is 6.33. The molecule has 1 heterocycles. The highest BCUT2D eigenvalue weighted by Gasteiger charge is 2.17. The highest BCUT2D eigenvalue weighted by molar-refractivity contribution is 5.38. The highest BCUT2D eigenvalue weighted by Crippen LogP contribution is 2.21.